The van der Waals surface area contributed by atoms with Gasteiger partial charge in [-0.05, 0) is 49.4 Å². The summed E-state index contributed by atoms with van der Waals surface area (Å²) in [6.45, 7) is 2.52. The number of benzene rings is 2. The number of halogens is 2. The Morgan fingerprint density at radius 3 is 2.73 bits per heavy atom. The number of fused-ring (bicyclic) bond motifs is 1. The number of anilines is 1. The molecule has 0 spiro atoms. The van der Waals surface area contributed by atoms with Crippen LogP contribution in [0.2, 0.25) is 0 Å². The number of rotatable bonds is 6. The third kappa shape index (κ3) is 4.13. The standard InChI is InChI=1S/C22H17F2N3O2S/c1-2-29-16-7-9-19-20(12-16)30-22(26-19)27(13-15-5-3-4-10-25-15)21(28)17-8-6-14(23)11-18(17)24/h3-12H,2,13H2,1H3. The molecule has 0 saturated heterocycles. The SMILES string of the molecule is CCOc1ccc2nc(N(Cc3ccccn3)C(=O)c3ccc(F)cc3F)sc2c1. The third-order valence-corrected chi connectivity index (χ3v) is 5.38. The molecule has 8 heteroatoms. The van der Waals surface area contributed by atoms with Crippen LogP contribution in [0.25, 0.3) is 10.2 Å². The molecule has 152 valence electrons. The molecule has 1 amide bonds. The van der Waals surface area contributed by atoms with E-state index < -0.39 is 17.5 Å². The molecule has 4 aromatic rings. The van der Waals surface area contributed by atoms with Gasteiger partial charge in [-0.3, -0.25) is 14.7 Å². The zero-order valence-electron chi connectivity index (χ0n) is 16.0. The van der Waals surface area contributed by atoms with Gasteiger partial charge >= 0.3 is 0 Å². The number of hydrogen-bond donors (Lipinski definition) is 0. The van der Waals surface area contributed by atoms with Crippen molar-refractivity contribution in [2.75, 3.05) is 11.5 Å². The van der Waals surface area contributed by atoms with E-state index in [-0.39, 0.29) is 12.1 Å². The zero-order valence-corrected chi connectivity index (χ0v) is 16.8. The number of amides is 1. The highest BCUT2D eigenvalue weighted by Gasteiger charge is 2.25. The first-order valence-corrected chi connectivity index (χ1v) is 10.1. The molecule has 0 aliphatic heterocycles. The van der Waals surface area contributed by atoms with E-state index in [0.29, 0.717) is 34.8 Å². The van der Waals surface area contributed by atoms with E-state index in [1.165, 1.54) is 16.2 Å². The van der Waals surface area contributed by atoms with Gasteiger partial charge < -0.3 is 4.74 Å². The van der Waals surface area contributed by atoms with Crippen molar-refractivity contribution in [2.24, 2.45) is 0 Å². The average Bonchev–Trinajstić information content (AvgIpc) is 3.15. The maximum Gasteiger partial charge on any atom is 0.263 e. The summed E-state index contributed by atoms with van der Waals surface area (Å²) in [6, 6.07) is 13.7. The van der Waals surface area contributed by atoms with E-state index in [0.717, 1.165) is 16.8 Å². The first-order chi connectivity index (χ1) is 14.5. The lowest BCUT2D eigenvalue weighted by molar-refractivity contribution is 0.0981. The number of carbonyl (C=O) groups excluding carboxylic acids is 1. The fourth-order valence-corrected chi connectivity index (χ4v) is 3.94. The maximum absolute atomic E-state index is 14.3. The summed E-state index contributed by atoms with van der Waals surface area (Å²) in [5.74, 6) is -1.59. The molecule has 30 heavy (non-hydrogen) atoms. The maximum atomic E-state index is 14.3. The van der Waals surface area contributed by atoms with E-state index in [4.69, 9.17) is 4.74 Å². The Bertz CT molecular complexity index is 1200. The Balaban J connectivity index is 1.76. The smallest absolute Gasteiger partial charge is 0.263 e. The predicted molar refractivity (Wildman–Crippen MR) is 112 cm³/mol. The number of nitrogens with zero attached hydrogens (tertiary/aromatic N) is 3. The van der Waals surface area contributed by atoms with Crippen LogP contribution >= 0.6 is 11.3 Å². The van der Waals surface area contributed by atoms with Crippen LogP contribution < -0.4 is 9.64 Å². The molecule has 2 aromatic carbocycles. The summed E-state index contributed by atoms with van der Waals surface area (Å²) in [5, 5.41) is 0.387. The molecule has 0 saturated carbocycles. The van der Waals surface area contributed by atoms with Crippen molar-refractivity contribution in [3.63, 3.8) is 0 Å². The molecular formula is C22H17F2N3O2S. The van der Waals surface area contributed by atoms with Crippen molar-refractivity contribution in [1.82, 2.24) is 9.97 Å². The second-order valence-corrected chi connectivity index (χ2v) is 7.40. The molecule has 4 rings (SSSR count). The van der Waals surface area contributed by atoms with E-state index in [1.807, 2.05) is 19.1 Å². The van der Waals surface area contributed by atoms with Gasteiger partial charge in [0.05, 0.1) is 34.6 Å². The lowest BCUT2D eigenvalue weighted by Gasteiger charge is -2.20. The molecule has 2 heterocycles. The van der Waals surface area contributed by atoms with Gasteiger partial charge in [0.1, 0.15) is 17.4 Å². The van der Waals surface area contributed by atoms with E-state index in [9.17, 15) is 13.6 Å². The highest BCUT2D eigenvalue weighted by atomic mass is 32.1. The number of thiazole rings is 1. The number of carbonyl (C=O) groups is 1. The van der Waals surface area contributed by atoms with Gasteiger partial charge in [0.25, 0.3) is 5.91 Å². The molecule has 2 aromatic heterocycles. The topological polar surface area (TPSA) is 55.3 Å². The monoisotopic (exact) mass is 425 g/mol. The van der Waals surface area contributed by atoms with Crippen LogP contribution in [0.3, 0.4) is 0 Å². The van der Waals surface area contributed by atoms with Crippen LogP contribution in [0.5, 0.6) is 5.75 Å². The Morgan fingerprint density at radius 2 is 2.00 bits per heavy atom. The van der Waals surface area contributed by atoms with Crippen LogP contribution in [0.1, 0.15) is 23.0 Å². The number of pyridine rings is 1. The summed E-state index contributed by atoms with van der Waals surface area (Å²) in [7, 11) is 0. The molecule has 0 aliphatic rings. The summed E-state index contributed by atoms with van der Waals surface area (Å²) in [6.07, 6.45) is 1.61. The molecule has 0 aliphatic carbocycles. The molecule has 5 nitrogen and oxygen atoms in total. The lowest BCUT2D eigenvalue weighted by atomic mass is 10.1. The van der Waals surface area contributed by atoms with Crippen LogP contribution in [0.15, 0.2) is 60.8 Å². The van der Waals surface area contributed by atoms with Crippen molar-refractivity contribution < 1.29 is 18.3 Å². The van der Waals surface area contributed by atoms with Crippen molar-refractivity contribution >= 4 is 32.6 Å². The van der Waals surface area contributed by atoms with E-state index in [2.05, 4.69) is 9.97 Å². The fourth-order valence-electron chi connectivity index (χ4n) is 2.95. The largest absolute Gasteiger partial charge is 0.494 e. The predicted octanol–water partition coefficient (Wildman–Crippen LogP) is 5.22. The van der Waals surface area contributed by atoms with Gasteiger partial charge in [-0.25, -0.2) is 13.8 Å². The minimum absolute atomic E-state index is 0.0919. The summed E-state index contributed by atoms with van der Waals surface area (Å²) in [4.78, 5) is 23.4. The Morgan fingerprint density at radius 1 is 1.13 bits per heavy atom. The number of aromatic nitrogens is 2. The van der Waals surface area contributed by atoms with E-state index >= 15 is 0 Å². The summed E-state index contributed by atoms with van der Waals surface area (Å²) >= 11 is 1.29. The summed E-state index contributed by atoms with van der Waals surface area (Å²) in [5.41, 5.74) is 1.07. The van der Waals surface area contributed by atoms with Crippen LogP contribution in [0, 0.1) is 11.6 Å². The average molecular weight is 425 g/mol. The quantitative estimate of drug-likeness (QED) is 0.425. The van der Waals surface area contributed by atoms with Gasteiger partial charge in [0.2, 0.25) is 0 Å². The van der Waals surface area contributed by atoms with Crippen molar-refractivity contribution in [3.8, 4) is 5.75 Å². The first kappa shape index (κ1) is 19.9. The second kappa shape index (κ2) is 8.54. The minimum Gasteiger partial charge on any atom is -0.494 e. The minimum atomic E-state index is -0.925. The lowest BCUT2D eigenvalue weighted by Crippen LogP contribution is -2.31. The van der Waals surface area contributed by atoms with Crippen molar-refractivity contribution in [3.05, 3.63) is 83.7 Å². The van der Waals surface area contributed by atoms with Crippen LogP contribution in [-0.2, 0) is 6.54 Å². The molecule has 0 radical (unpaired) electrons. The normalized spacial score (nSPS) is 10.9. The Kier molecular flexibility index (Phi) is 5.67. The van der Waals surface area contributed by atoms with Gasteiger partial charge in [-0.2, -0.15) is 0 Å². The van der Waals surface area contributed by atoms with Gasteiger partial charge in [-0.1, -0.05) is 17.4 Å². The van der Waals surface area contributed by atoms with Gasteiger partial charge in [0, 0.05) is 12.3 Å². The summed E-state index contributed by atoms with van der Waals surface area (Å²) < 4.78 is 34.0. The Hall–Kier alpha value is -3.39. The van der Waals surface area contributed by atoms with E-state index in [1.54, 1.807) is 30.5 Å². The molecule has 0 N–H and O–H groups in total. The van der Waals surface area contributed by atoms with Crippen LogP contribution in [-0.4, -0.2) is 22.5 Å². The third-order valence-electron chi connectivity index (χ3n) is 4.34. The van der Waals surface area contributed by atoms with Crippen molar-refractivity contribution in [1.29, 1.82) is 0 Å². The molecule has 0 unspecified atom stereocenters. The number of hydrogen-bond acceptors (Lipinski definition) is 5. The van der Waals surface area contributed by atoms with Gasteiger partial charge in [0.15, 0.2) is 5.13 Å². The Labute approximate surface area is 175 Å². The molecule has 0 atom stereocenters. The van der Waals surface area contributed by atoms with Gasteiger partial charge in [-0.15, -0.1) is 0 Å². The molecular weight excluding hydrogens is 408 g/mol. The van der Waals surface area contributed by atoms with Crippen LogP contribution in [0.4, 0.5) is 13.9 Å². The first-order valence-electron chi connectivity index (χ1n) is 9.25. The highest BCUT2D eigenvalue weighted by Crippen LogP contribution is 2.33. The molecule has 0 bridgehead atoms. The number of ether oxygens (including phenoxy) is 1. The fraction of sp³-hybridized carbons (Fsp3) is 0.136. The highest BCUT2D eigenvalue weighted by molar-refractivity contribution is 7.22. The van der Waals surface area contributed by atoms with Crippen molar-refractivity contribution in [2.45, 2.75) is 13.5 Å². The zero-order chi connectivity index (χ0) is 21.1. The second-order valence-electron chi connectivity index (χ2n) is 6.40. The molecule has 0 fully saturated rings.